The molecule has 22 unspecified atom stereocenters. The number of thioether (sulfide) groups is 1. The number of nitrogens with one attached hydrogen (secondary N) is 3. The minimum absolute atomic E-state index is 0.0000813. The summed E-state index contributed by atoms with van der Waals surface area (Å²) < 4.78 is 92.3. The van der Waals surface area contributed by atoms with E-state index in [0.29, 0.717) is 43.6 Å². The molecule has 0 aromatic rings. The number of hydrogen-bond acceptors (Lipinski definition) is 34. The largest absolute Gasteiger partial charge is 0.479 e. The SMILES string of the molecule is C=CC(=O)OCC1O[C@@H](O[C@H]2C(C(=O)O)O[C@@H](C(CC)(CCC)C(CC)(CCC)OC3C(NC(C)=O)[C@H](O[C@H]4C(C(=O)O)O[C@@H](C(C)(CC)CCC)[C@@H](O)C4O)OC(COC(=O)CCSCC(N)CCS)[C@H]3O)C(O)C2O)C(NC(C)=O)C(OC(CCC)(CCC)C(CC)(CCC)[C@@H]2OC(C(=O)O)[C@H](O[C@H](OC(C)CO)C(NC(C)=O)[C@@H](C)OC(C)(/C=C\C)CCCC)C(O)C2O)[C@@H]1O. The van der Waals surface area contributed by atoms with Gasteiger partial charge in [-0.25, -0.2) is 19.2 Å². The molecule has 5 saturated heterocycles. The van der Waals surface area contributed by atoms with Crippen molar-refractivity contribution in [2.24, 2.45) is 22.0 Å². The number of unbranched alkanes of at least 4 members (excludes halogenated alkanes) is 1. The van der Waals surface area contributed by atoms with Gasteiger partial charge >= 0.3 is 29.8 Å². The number of ether oxygens (including phenoxy) is 14. The van der Waals surface area contributed by atoms with Crippen molar-refractivity contribution in [2.45, 2.75) is 467 Å². The quantitative estimate of drug-likeness (QED) is 0.00839. The Morgan fingerprint density at radius 2 is 0.978 bits per heavy atom. The van der Waals surface area contributed by atoms with Crippen LogP contribution in [0, 0.1) is 16.2 Å². The maximum absolute atomic E-state index is 14.6. The van der Waals surface area contributed by atoms with Crippen LogP contribution >= 0.6 is 24.4 Å². The second-order valence-electron chi connectivity index (χ2n) is 37.3. The summed E-state index contributed by atoms with van der Waals surface area (Å²) in [7, 11) is 0. The number of esters is 2. The number of carbonyl (C=O) groups is 8. The molecule has 38 nitrogen and oxygen atoms in total. The van der Waals surface area contributed by atoms with Gasteiger partial charge in [0, 0.05) is 55.2 Å². The fraction of sp³-hybridized carbons (Fsp3) is 0.872. The number of rotatable bonds is 60. The van der Waals surface area contributed by atoms with Crippen LogP contribution in [0.15, 0.2) is 24.8 Å². The predicted molar refractivity (Wildman–Crippen MR) is 496 cm³/mol. The first kappa shape index (κ1) is 120. The molecule has 5 aliphatic rings. The van der Waals surface area contributed by atoms with E-state index in [1.54, 1.807) is 69.2 Å². The van der Waals surface area contributed by atoms with Gasteiger partial charge in [0.05, 0.1) is 60.4 Å². The molecule has 5 aliphatic heterocycles. The highest BCUT2D eigenvalue weighted by molar-refractivity contribution is 7.99. The summed E-state index contributed by atoms with van der Waals surface area (Å²) in [6, 6.07) is -5.10. The second-order valence-corrected chi connectivity index (χ2v) is 38.9. The highest BCUT2D eigenvalue weighted by Crippen LogP contribution is 2.58. The molecule has 0 aromatic carbocycles. The Morgan fingerprint density at radius 1 is 0.537 bits per heavy atom. The summed E-state index contributed by atoms with van der Waals surface area (Å²) in [5.41, 5.74) is -2.67. The van der Waals surface area contributed by atoms with Crippen LogP contribution in [0.5, 0.6) is 0 Å². The Balaban J connectivity index is 1.74. The van der Waals surface area contributed by atoms with Crippen LogP contribution < -0.4 is 21.7 Å². The normalized spacial score (nSPS) is 32.7. The fourth-order valence-corrected chi connectivity index (χ4v) is 22.3. The van der Waals surface area contributed by atoms with Crippen molar-refractivity contribution in [3.8, 4) is 0 Å². The molecule has 776 valence electrons. The van der Waals surface area contributed by atoms with Crippen molar-refractivity contribution in [2.75, 3.05) is 37.1 Å². The third-order valence-corrected chi connectivity index (χ3v) is 29.0. The molecule has 0 aromatic heterocycles. The van der Waals surface area contributed by atoms with E-state index in [4.69, 9.17) is 72.0 Å². The van der Waals surface area contributed by atoms with Gasteiger partial charge in [0.25, 0.3) is 0 Å². The highest BCUT2D eigenvalue weighted by Gasteiger charge is 2.68. The zero-order valence-corrected chi connectivity index (χ0v) is 83.8. The Bertz CT molecular complexity index is 3660. The maximum Gasteiger partial charge on any atom is 0.335 e. The van der Waals surface area contributed by atoms with E-state index in [1.807, 2.05) is 46.8 Å². The lowest BCUT2D eigenvalue weighted by Crippen LogP contribution is -2.74. The third kappa shape index (κ3) is 29.2. The molecule has 35 atom stereocenters. The molecule has 0 aliphatic carbocycles. The topological polar surface area (TPSA) is 571 Å². The number of hydrogen-bond donors (Lipinski definition) is 17. The summed E-state index contributed by atoms with van der Waals surface area (Å²) in [5, 5.41) is 156. The van der Waals surface area contributed by atoms with Gasteiger partial charge in [-0.15, -0.1) is 0 Å². The van der Waals surface area contributed by atoms with Crippen LogP contribution in [-0.4, -0.2) is 346 Å². The lowest BCUT2D eigenvalue weighted by molar-refractivity contribution is -0.359. The number of allylic oxidation sites excluding steroid dienone is 1. The standard InChI is InChI=1S/C94H164N4O34S2/c1-21-34-44-90(20,38-23-3)130-52(15)61(96-53(16)100)86(121-51(14)47-99)127-75-68(109)71(112)82(126-78(75)84(115)116)92(32-12,40-25-5)94(42-27-7,43-28-8)132-73-63(98-55(18)102)88(122-57(65(73)106)48-119-59(103)29-9)129-76-67(108)70(111)81(125-79(76)85(117)118)91(31-11,39-24-4)93(33-13,41-26-6)131-72-62(97-54(17)101)87(123-58(64(72)105)49-120-60(104)36-46-134-50-56(95)35-45-133)128-74-66(107)69(110)80(124-77(74)83(113)114)89(19,30-10)37-22-2/h23,29,38,51-52,56-58,61-82,86-88,99,105-112,133H,9,21-22,24-28,30-37,39-50,95H2,1-8,10-20H3,(H,96,100)(H,97,101)(H,98,102)(H,113,114)(H,115,116)(H,117,118)/b38-23-/t51?,52-,56?,57?,58?,61?,62?,63?,64-,65-,66?,67?,68?,69+,70?,71?,72?,73?,74-,75-,76-,77?,78?,79?,80-,81-,82-,86+,87+,88+,89?,90?,91?,92?,93?/m1/s1. The van der Waals surface area contributed by atoms with Crippen LogP contribution in [0.3, 0.4) is 0 Å². The number of aliphatic hydroxyl groups excluding tert-OH is 9. The van der Waals surface area contributed by atoms with Crippen LogP contribution in [0.1, 0.15) is 266 Å². The van der Waals surface area contributed by atoms with Crippen molar-refractivity contribution < 1.29 is 166 Å². The molecule has 17 N–H and O–H groups in total. The monoisotopic (exact) mass is 1960 g/mol. The fourth-order valence-electron chi connectivity index (χ4n) is 21.1. The van der Waals surface area contributed by atoms with Crippen molar-refractivity contribution in [3.63, 3.8) is 0 Å². The molecule has 3 amide bonds. The van der Waals surface area contributed by atoms with Crippen LogP contribution in [0.25, 0.3) is 0 Å². The number of carbonyl (C=O) groups excluding carboxylic acids is 5. The van der Waals surface area contributed by atoms with Gasteiger partial charge < -0.3 is 149 Å². The number of aliphatic hydroxyl groups is 9. The van der Waals surface area contributed by atoms with E-state index >= 15 is 0 Å². The van der Waals surface area contributed by atoms with Crippen molar-refractivity contribution in [1.82, 2.24) is 16.0 Å². The van der Waals surface area contributed by atoms with E-state index in [9.17, 15) is 99.6 Å². The second kappa shape index (κ2) is 55.5. The zero-order chi connectivity index (χ0) is 101. The van der Waals surface area contributed by atoms with Crippen LogP contribution in [0.2, 0.25) is 0 Å². The van der Waals surface area contributed by atoms with E-state index < -0.39 is 278 Å². The lowest BCUT2D eigenvalue weighted by Gasteiger charge is -2.60. The molecule has 0 radical (unpaired) electrons. The Hall–Kier alpha value is -4.94. The lowest BCUT2D eigenvalue weighted by atomic mass is 9.58. The van der Waals surface area contributed by atoms with E-state index in [2.05, 4.69) is 35.2 Å². The van der Waals surface area contributed by atoms with Gasteiger partial charge in [0.1, 0.15) is 123 Å². The first-order valence-corrected chi connectivity index (χ1v) is 50.0. The number of nitrogens with two attached hydrogens (primary N) is 1. The zero-order valence-electron chi connectivity index (χ0n) is 82.1. The predicted octanol–water partition coefficient (Wildman–Crippen LogP) is 5.91. The molecule has 5 fully saturated rings. The Morgan fingerprint density at radius 3 is 1.39 bits per heavy atom. The number of carboxylic acid groups (broad SMARTS) is 3. The first-order valence-electron chi connectivity index (χ1n) is 48.3. The number of aliphatic carboxylic acids is 3. The summed E-state index contributed by atoms with van der Waals surface area (Å²) in [6.45, 7) is 33.1. The molecule has 0 saturated carbocycles. The number of amides is 3. The van der Waals surface area contributed by atoms with E-state index in [1.165, 1.54) is 25.6 Å². The minimum atomic E-state index is -2.37. The molecule has 134 heavy (non-hydrogen) atoms. The minimum Gasteiger partial charge on any atom is -0.479 e. The number of carboxylic acids is 3. The Kier molecular flexibility index (Phi) is 49.5. The summed E-state index contributed by atoms with van der Waals surface area (Å²) in [4.78, 5) is 110. The van der Waals surface area contributed by atoms with Crippen molar-refractivity contribution >= 4 is 72.0 Å². The maximum atomic E-state index is 14.6. The molecular formula is C94H164N4O34S2. The van der Waals surface area contributed by atoms with Crippen LogP contribution in [0.4, 0.5) is 0 Å². The molecule has 0 bridgehead atoms. The molecule has 0 spiro atoms. The van der Waals surface area contributed by atoms with Gasteiger partial charge in [-0.3, -0.25) is 19.2 Å². The Labute approximate surface area is 800 Å². The average molecular weight is 1960 g/mol. The van der Waals surface area contributed by atoms with Gasteiger partial charge in [-0.05, 0) is 116 Å². The van der Waals surface area contributed by atoms with E-state index in [0.717, 1.165) is 32.8 Å². The summed E-state index contributed by atoms with van der Waals surface area (Å²) >= 11 is 5.66. The van der Waals surface area contributed by atoms with Crippen molar-refractivity contribution in [3.05, 3.63) is 24.8 Å². The van der Waals surface area contributed by atoms with Crippen molar-refractivity contribution in [1.29, 1.82) is 0 Å². The van der Waals surface area contributed by atoms with Gasteiger partial charge in [-0.2, -0.15) is 24.4 Å². The first-order chi connectivity index (χ1) is 63.2. The average Bonchev–Trinajstić information content (AvgIpc) is 0.721. The molecule has 5 heterocycles. The molecular weight excluding hydrogens is 1790 g/mol. The van der Waals surface area contributed by atoms with Gasteiger partial charge in [0.2, 0.25) is 17.7 Å². The number of thiol groups is 1. The summed E-state index contributed by atoms with van der Waals surface area (Å²) in [5.74, 6) is -7.82. The summed E-state index contributed by atoms with van der Waals surface area (Å²) in [6.07, 6.45) is -40.3. The smallest absolute Gasteiger partial charge is 0.335 e. The third-order valence-electron chi connectivity index (χ3n) is 27.6. The van der Waals surface area contributed by atoms with Gasteiger partial charge in [0.15, 0.2) is 37.2 Å². The highest BCUT2D eigenvalue weighted by atomic mass is 32.2. The van der Waals surface area contributed by atoms with E-state index in [-0.39, 0.29) is 102 Å². The van der Waals surface area contributed by atoms with Crippen LogP contribution in [-0.2, 0) is 105 Å². The van der Waals surface area contributed by atoms with Gasteiger partial charge in [-0.1, -0.05) is 153 Å². The molecule has 5 rings (SSSR count). The molecule has 40 heteroatoms.